The Hall–Kier alpha value is -4.44. The third-order valence-electron chi connectivity index (χ3n) is 8.03. The molecule has 3 aromatic carbocycles. The predicted octanol–water partition coefficient (Wildman–Crippen LogP) is 3.79. The molecule has 3 amide bonds. The van der Waals surface area contributed by atoms with E-state index >= 15 is 0 Å². The minimum atomic E-state index is -1.11. The average Bonchev–Trinajstić information content (AvgIpc) is 3.16. The number of nitrogens with zero attached hydrogens (tertiary/aromatic N) is 1. The molecule has 222 valence electrons. The molecule has 0 aliphatic carbocycles. The highest BCUT2D eigenvalue weighted by molar-refractivity contribution is 7.81. The number of benzene rings is 3. The molecule has 4 atom stereocenters. The van der Waals surface area contributed by atoms with Gasteiger partial charge >= 0.3 is 5.97 Å². The molecule has 0 spiro atoms. The maximum Gasteiger partial charge on any atom is 0.309 e. The van der Waals surface area contributed by atoms with Crippen LogP contribution in [0.4, 0.5) is 5.69 Å². The van der Waals surface area contributed by atoms with Crippen LogP contribution >= 0.6 is 12.6 Å². The molecular weight excluding hydrogens is 566 g/mol. The summed E-state index contributed by atoms with van der Waals surface area (Å²) in [6.07, 6.45) is 1.74. The van der Waals surface area contributed by atoms with Crippen molar-refractivity contribution in [2.45, 2.75) is 49.4 Å². The van der Waals surface area contributed by atoms with E-state index in [1.54, 1.807) is 30.3 Å². The zero-order chi connectivity index (χ0) is 30.5. The van der Waals surface area contributed by atoms with E-state index in [0.29, 0.717) is 36.1 Å². The molecule has 0 bridgehead atoms. The van der Waals surface area contributed by atoms with Gasteiger partial charge in [0.25, 0.3) is 11.8 Å². The Morgan fingerprint density at radius 1 is 0.907 bits per heavy atom. The van der Waals surface area contributed by atoms with Crippen LogP contribution in [-0.2, 0) is 27.2 Å². The number of amides is 3. The number of hydrogen-bond donors (Lipinski definition) is 4. The first kappa shape index (κ1) is 30.0. The van der Waals surface area contributed by atoms with E-state index < -0.39 is 40.9 Å². The number of para-hydroxylation sites is 1. The lowest BCUT2D eigenvalue weighted by atomic mass is 9.87. The van der Waals surface area contributed by atoms with Crippen molar-refractivity contribution in [2.24, 2.45) is 5.92 Å². The molecule has 2 aliphatic rings. The molecule has 0 saturated heterocycles. The van der Waals surface area contributed by atoms with Gasteiger partial charge in [0, 0.05) is 18.7 Å². The number of hydrogen-bond acceptors (Lipinski definition) is 7. The zero-order valence-electron chi connectivity index (χ0n) is 23.4. The number of rotatable bonds is 11. The third kappa shape index (κ3) is 6.64. The van der Waals surface area contributed by atoms with E-state index in [0.717, 1.165) is 11.1 Å². The van der Waals surface area contributed by atoms with Gasteiger partial charge in [-0.25, -0.2) is 0 Å². The largest absolute Gasteiger partial charge is 0.481 e. The summed E-state index contributed by atoms with van der Waals surface area (Å²) in [7, 11) is 0. The van der Waals surface area contributed by atoms with Crippen molar-refractivity contribution in [1.29, 1.82) is 0 Å². The van der Waals surface area contributed by atoms with Crippen molar-refractivity contribution in [3.8, 4) is 0 Å². The van der Waals surface area contributed by atoms with Gasteiger partial charge in [0.2, 0.25) is 5.91 Å². The van der Waals surface area contributed by atoms with E-state index in [9.17, 15) is 29.1 Å². The summed E-state index contributed by atoms with van der Waals surface area (Å²) in [6.45, 7) is 0.234. The minimum absolute atomic E-state index is 0.144. The standard InChI is InChI=1S/C33H33N3O6S/c37-29-26(35-30(38)27(43)16-8-9-17-36-31(39)22-13-5-6-14-23(22)32(36)40)19-21-12-4-7-15-25(21)34-28(29)24(33(41)42)18-20-10-2-1-3-11-20/h1-7,10-15,24,26-28,34,43H,8-9,16-19H2,(H,35,38)(H,41,42). The number of carbonyl (C=O) groups is 5. The van der Waals surface area contributed by atoms with E-state index in [1.165, 1.54) is 4.90 Å². The lowest BCUT2D eigenvalue weighted by Crippen LogP contribution is -2.52. The Morgan fingerprint density at radius 2 is 1.53 bits per heavy atom. The smallest absolute Gasteiger partial charge is 0.309 e. The second kappa shape index (κ2) is 13.2. The van der Waals surface area contributed by atoms with Crippen LogP contribution in [0.1, 0.15) is 51.1 Å². The van der Waals surface area contributed by atoms with Crippen LogP contribution in [0.2, 0.25) is 0 Å². The number of ketones is 1. The molecular formula is C33H33N3O6S. The number of carbonyl (C=O) groups excluding carboxylic acids is 4. The highest BCUT2D eigenvalue weighted by Gasteiger charge is 2.41. The molecule has 5 rings (SSSR count). The second-order valence-electron chi connectivity index (χ2n) is 10.9. The van der Waals surface area contributed by atoms with Crippen molar-refractivity contribution in [3.63, 3.8) is 0 Å². The first-order chi connectivity index (χ1) is 20.7. The molecule has 43 heavy (non-hydrogen) atoms. The van der Waals surface area contributed by atoms with Crippen molar-refractivity contribution >= 4 is 47.8 Å². The number of unbranched alkanes of at least 4 members (excludes halogenated alkanes) is 1. The van der Waals surface area contributed by atoms with Gasteiger partial charge in [-0.2, -0.15) is 12.6 Å². The lowest BCUT2D eigenvalue weighted by molar-refractivity contribution is -0.144. The SMILES string of the molecule is O=C(NC1Cc2ccccc2NC(C(Cc2ccccc2)C(=O)O)C1=O)C(S)CCCCN1C(=O)c2ccccc2C1=O. The Labute approximate surface area is 255 Å². The van der Waals surface area contributed by atoms with Gasteiger partial charge in [0.15, 0.2) is 5.78 Å². The summed E-state index contributed by atoms with van der Waals surface area (Å²) in [4.78, 5) is 65.8. The molecule has 0 radical (unpaired) electrons. The molecule has 2 heterocycles. The Kier molecular flexibility index (Phi) is 9.25. The summed E-state index contributed by atoms with van der Waals surface area (Å²) < 4.78 is 0. The molecule has 9 nitrogen and oxygen atoms in total. The van der Waals surface area contributed by atoms with Crippen molar-refractivity contribution < 1.29 is 29.1 Å². The number of imide groups is 1. The maximum absolute atomic E-state index is 13.8. The second-order valence-corrected chi connectivity index (χ2v) is 11.5. The topological polar surface area (TPSA) is 133 Å². The van der Waals surface area contributed by atoms with Gasteiger partial charge in [0.1, 0.15) is 6.04 Å². The molecule has 2 aliphatic heterocycles. The van der Waals surface area contributed by atoms with E-state index in [4.69, 9.17) is 0 Å². The van der Waals surface area contributed by atoms with Crippen molar-refractivity contribution in [1.82, 2.24) is 10.2 Å². The fraction of sp³-hybridized carbons (Fsp3) is 0.303. The van der Waals surface area contributed by atoms with E-state index in [1.807, 2.05) is 48.5 Å². The summed E-state index contributed by atoms with van der Waals surface area (Å²) in [5, 5.41) is 15.4. The molecule has 0 fully saturated rings. The van der Waals surface area contributed by atoms with Crippen LogP contribution in [0.25, 0.3) is 0 Å². The van der Waals surface area contributed by atoms with Gasteiger partial charge in [-0.1, -0.05) is 67.1 Å². The van der Waals surface area contributed by atoms with Crippen LogP contribution in [0.15, 0.2) is 78.9 Å². The average molecular weight is 600 g/mol. The van der Waals surface area contributed by atoms with Gasteiger partial charge in [-0.15, -0.1) is 0 Å². The van der Waals surface area contributed by atoms with Gasteiger partial charge in [0.05, 0.1) is 28.3 Å². The zero-order valence-corrected chi connectivity index (χ0v) is 24.3. The Bertz CT molecular complexity index is 1510. The first-order valence-electron chi connectivity index (χ1n) is 14.3. The summed E-state index contributed by atoms with van der Waals surface area (Å²) in [5.41, 5.74) is 3.04. The van der Waals surface area contributed by atoms with Gasteiger partial charge in [-0.05, 0) is 48.6 Å². The maximum atomic E-state index is 13.8. The fourth-order valence-electron chi connectivity index (χ4n) is 5.70. The summed E-state index contributed by atoms with van der Waals surface area (Å²) in [5.74, 6) is -3.64. The number of Topliss-reactive ketones (excluding diaryl/α,β-unsaturated/α-hetero) is 1. The fourth-order valence-corrected chi connectivity index (χ4v) is 5.96. The number of fused-ring (bicyclic) bond motifs is 2. The number of carboxylic acids is 1. The monoisotopic (exact) mass is 599 g/mol. The Balaban J connectivity index is 1.22. The minimum Gasteiger partial charge on any atom is -0.481 e. The summed E-state index contributed by atoms with van der Waals surface area (Å²) >= 11 is 4.48. The van der Waals surface area contributed by atoms with Gasteiger partial charge < -0.3 is 15.7 Å². The molecule has 3 aromatic rings. The highest BCUT2D eigenvalue weighted by atomic mass is 32.1. The molecule has 4 unspecified atom stereocenters. The summed E-state index contributed by atoms with van der Waals surface area (Å²) in [6, 6.07) is 21.1. The highest BCUT2D eigenvalue weighted by Crippen LogP contribution is 2.28. The van der Waals surface area contributed by atoms with Crippen molar-refractivity contribution in [2.75, 3.05) is 11.9 Å². The lowest BCUT2D eigenvalue weighted by Gasteiger charge is -2.27. The number of nitrogens with one attached hydrogen (secondary N) is 2. The Morgan fingerprint density at radius 3 is 2.21 bits per heavy atom. The predicted molar refractivity (Wildman–Crippen MR) is 164 cm³/mol. The van der Waals surface area contributed by atoms with E-state index in [-0.39, 0.29) is 31.2 Å². The molecule has 3 N–H and O–H groups in total. The van der Waals surface area contributed by atoms with E-state index in [2.05, 4.69) is 23.3 Å². The number of thiol groups is 1. The van der Waals surface area contributed by atoms with Crippen LogP contribution in [0, 0.1) is 5.92 Å². The van der Waals surface area contributed by atoms with Crippen LogP contribution in [0.3, 0.4) is 0 Å². The molecule has 10 heteroatoms. The van der Waals surface area contributed by atoms with Gasteiger partial charge in [-0.3, -0.25) is 28.9 Å². The van der Waals surface area contributed by atoms with Crippen LogP contribution < -0.4 is 10.6 Å². The number of aliphatic carboxylic acids is 1. The first-order valence-corrected chi connectivity index (χ1v) is 14.8. The van der Waals surface area contributed by atoms with Crippen LogP contribution in [-0.4, -0.2) is 63.4 Å². The molecule has 0 aromatic heterocycles. The quantitative estimate of drug-likeness (QED) is 0.150. The van der Waals surface area contributed by atoms with Crippen molar-refractivity contribution in [3.05, 3.63) is 101 Å². The number of anilines is 1. The molecule has 0 saturated carbocycles. The normalized spacial score (nSPS) is 19.1. The van der Waals surface area contributed by atoms with Crippen LogP contribution in [0.5, 0.6) is 0 Å². The number of carboxylic acid groups (broad SMARTS) is 1. The third-order valence-corrected chi connectivity index (χ3v) is 8.52.